The molecule has 0 saturated heterocycles. The number of hydrogen-bond donors (Lipinski definition) is 1. The van der Waals surface area contributed by atoms with Gasteiger partial charge in [-0.2, -0.15) is 13.2 Å². The molecule has 0 aliphatic carbocycles. The summed E-state index contributed by atoms with van der Waals surface area (Å²) in [6.45, 7) is 0.0844. The number of carbonyl (C=O) groups is 1. The molecule has 3 nitrogen and oxygen atoms in total. The van der Waals surface area contributed by atoms with Crippen molar-refractivity contribution in [2.75, 3.05) is 0 Å². The third-order valence-corrected chi connectivity index (χ3v) is 2.19. The largest absolute Gasteiger partial charge is 0.476 e. The van der Waals surface area contributed by atoms with Gasteiger partial charge in [-0.05, 0) is 48.7 Å². The van der Waals surface area contributed by atoms with Crippen LogP contribution < -0.4 is 4.74 Å². The average Bonchev–Trinajstić information content (AvgIpc) is 2.23. The number of ether oxygens (including phenoxy) is 1. The number of carboxylic acids is 1. The van der Waals surface area contributed by atoms with Crippen molar-refractivity contribution in [1.82, 2.24) is 0 Å². The van der Waals surface area contributed by atoms with Gasteiger partial charge in [-0.15, -0.1) is 0 Å². The maximum absolute atomic E-state index is 12.9. The van der Waals surface area contributed by atoms with E-state index < -0.39 is 18.4 Å². The number of rotatable bonds is 4. The molecule has 1 aromatic rings. The fourth-order valence-electron chi connectivity index (χ4n) is 1.55. The Balaban J connectivity index is 3.14. The number of aryl methyl sites for hydroxylation is 2. The van der Waals surface area contributed by atoms with Crippen LogP contribution in [0.5, 0.6) is 5.75 Å². The topological polar surface area (TPSA) is 46.5 Å². The Morgan fingerprint density at radius 2 is 1.83 bits per heavy atom. The summed E-state index contributed by atoms with van der Waals surface area (Å²) >= 11 is 0. The lowest BCUT2D eigenvalue weighted by molar-refractivity contribution is -0.134. The molecule has 1 rings (SSSR count). The maximum atomic E-state index is 12.9. The van der Waals surface area contributed by atoms with E-state index in [-0.39, 0.29) is 11.3 Å². The van der Waals surface area contributed by atoms with E-state index in [1.807, 2.05) is 0 Å². The molecule has 0 aliphatic rings. The lowest BCUT2D eigenvalue weighted by atomic mass is 10.1. The molecule has 0 spiro atoms. The van der Waals surface area contributed by atoms with Crippen LogP contribution in [0, 0.1) is 13.8 Å². The molecule has 0 radical (unpaired) electrons. The molecule has 1 N–H and O–H groups in total. The third kappa shape index (κ3) is 3.51. The molecular weight excluding hydrogens is 249 g/mol. The SMILES string of the molecule is Cc1cc(C=C(F)C(=O)O)cc(C)c1OC(F)F. The van der Waals surface area contributed by atoms with Crippen molar-refractivity contribution in [2.45, 2.75) is 20.5 Å². The zero-order chi connectivity index (χ0) is 13.9. The minimum absolute atomic E-state index is 0.0119. The van der Waals surface area contributed by atoms with Crippen LogP contribution in [0.4, 0.5) is 13.2 Å². The second-order valence-corrected chi connectivity index (χ2v) is 3.66. The monoisotopic (exact) mass is 260 g/mol. The smallest absolute Gasteiger partial charge is 0.387 e. The number of carboxylic acid groups (broad SMARTS) is 1. The van der Waals surface area contributed by atoms with E-state index in [9.17, 15) is 18.0 Å². The van der Waals surface area contributed by atoms with Crippen LogP contribution in [0.15, 0.2) is 18.0 Å². The molecule has 1 aromatic carbocycles. The molecule has 0 fully saturated rings. The first kappa shape index (κ1) is 14.1. The third-order valence-electron chi connectivity index (χ3n) is 2.19. The van der Waals surface area contributed by atoms with Crippen LogP contribution in [-0.4, -0.2) is 17.7 Å². The Kier molecular flexibility index (Phi) is 4.36. The summed E-state index contributed by atoms with van der Waals surface area (Å²) in [5.41, 5.74) is 1.02. The number of halogens is 3. The van der Waals surface area contributed by atoms with Gasteiger partial charge < -0.3 is 9.84 Å². The summed E-state index contributed by atoms with van der Waals surface area (Å²) < 4.78 is 41.5. The molecule has 98 valence electrons. The van der Waals surface area contributed by atoms with Crippen LogP contribution >= 0.6 is 0 Å². The normalized spacial score (nSPS) is 11.8. The molecule has 0 aromatic heterocycles. The molecule has 0 saturated carbocycles. The van der Waals surface area contributed by atoms with Crippen LogP contribution in [0.2, 0.25) is 0 Å². The van der Waals surface area contributed by atoms with E-state index in [2.05, 4.69) is 4.74 Å². The number of aliphatic carboxylic acids is 1. The summed E-state index contributed by atoms with van der Waals surface area (Å²) in [7, 11) is 0. The highest BCUT2D eigenvalue weighted by Crippen LogP contribution is 2.27. The standard InChI is InChI=1S/C12H11F3O3/c1-6-3-8(5-9(13)11(16)17)4-7(2)10(6)18-12(14)15/h3-5,12H,1-2H3,(H,16,17). The van der Waals surface area contributed by atoms with Crippen molar-refractivity contribution in [3.8, 4) is 5.75 Å². The first-order chi connectivity index (χ1) is 8.31. The average molecular weight is 260 g/mol. The summed E-state index contributed by atoms with van der Waals surface area (Å²) in [5, 5.41) is 8.39. The van der Waals surface area contributed by atoms with Gasteiger partial charge in [0.05, 0.1) is 0 Å². The number of hydrogen-bond acceptors (Lipinski definition) is 2. The van der Waals surface area contributed by atoms with Gasteiger partial charge in [0, 0.05) is 0 Å². The molecule has 0 unspecified atom stereocenters. The number of benzene rings is 1. The highest BCUT2D eigenvalue weighted by atomic mass is 19.3. The van der Waals surface area contributed by atoms with Gasteiger partial charge in [-0.1, -0.05) is 0 Å². The van der Waals surface area contributed by atoms with Gasteiger partial charge in [0.1, 0.15) is 5.75 Å². The summed E-state index contributed by atoms with van der Waals surface area (Å²) in [6, 6.07) is 2.74. The van der Waals surface area contributed by atoms with E-state index in [1.165, 1.54) is 26.0 Å². The van der Waals surface area contributed by atoms with Gasteiger partial charge in [-0.3, -0.25) is 0 Å². The predicted molar refractivity (Wildman–Crippen MR) is 59.3 cm³/mol. The van der Waals surface area contributed by atoms with Gasteiger partial charge >= 0.3 is 12.6 Å². The van der Waals surface area contributed by atoms with E-state index >= 15 is 0 Å². The first-order valence-electron chi connectivity index (χ1n) is 4.98. The van der Waals surface area contributed by atoms with Crippen molar-refractivity contribution in [3.63, 3.8) is 0 Å². The summed E-state index contributed by atoms with van der Waals surface area (Å²) in [4.78, 5) is 10.3. The van der Waals surface area contributed by atoms with E-state index in [1.54, 1.807) is 0 Å². The Labute approximate surface area is 101 Å². The minimum atomic E-state index is -2.94. The predicted octanol–water partition coefficient (Wildman–Crippen LogP) is 3.30. The zero-order valence-electron chi connectivity index (χ0n) is 9.71. The molecule has 6 heteroatoms. The second kappa shape index (κ2) is 5.57. The molecule has 0 aliphatic heterocycles. The highest BCUT2D eigenvalue weighted by molar-refractivity contribution is 5.89. The van der Waals surface area contributed by atoms with Gasteiger partial charge in [0.25, 0.3) is 0 Å². The van der Waals surface area contributed by atoms with Crippen molar-refractivity contribution in [2.24, 2.45) is 0 Å². The summed E-state index contributed by atoms with van der Waals surface area (Å²) in [5.74, 6) is -2.99. The fourth-order valence-corrected chi connectivity index (χ4v) is 1.55. The Bertz CT molecular complexity index is 472. The molecule has 0 bridgehead atoms. The minimum Gasteiger partial charge on any atom is -0.476 e. The van der Waals surface area contributed by atoms with E-state index in [4.69, 9.17) is 5.11 Å². The molecular formula is C12H11F3O3. The van der Waals surface area contributed by atoms with Crippen molar-refractivity contribution in [1.29, 1.82) is 0 Å². The lowest BCUT2D eigenvalue weighted by Crippen LogP contribution is -2.05. The van der Waals surface area contributed by atoms with Crippen LogP contribution in [0.3, 0.4) is 0 Å². The quantitative estimate of drug-likeness (QED) is 0.845. The number of alkyl halides is 2. The molecule has 0 amide bonds. The Morgan fingerprint density at radius 3 is 2.22 bits per heavy atom. The van der Waals surface area contributed by atoms with Gasteiger partial charge in [0.2, 0.25) is 5.83 Å². The Morgan fingerprint density at radius 1 is 1.33 bits per heavy atom. The first-order valence-corrected chi connectivity index (χ1v) is 4.98. The summed E-state index contributed by atoms with van der Waals surface area (Å²) in [6.07, 6.45) is 0.814. The maximum Gasteiger partial charge on any atom is 0.387 e. The van der Waals surface area contributed by atoms with Crippen molar-refractivity contribution in [3.05, 3.63) is 34.6 Å². The van der Waals surface area contributed by atoms with Crippen LogP contribution in [0.25, 0.3) is 6.08 Å². The molecule has 18 heavy (non-hydrogen) atoms. The lowest BCUT2D eigenvalue weighted by Gasteiger charge is -2.12. The van der Waals surface area contributed by atoms with Gasteiger partial charge in [-0.25, -0.2) is 4.79 Å². The Hall–Kier alpha value is -1.98. The molecule has 0 heterocycles. The second-order valence-electron chi connectivity index (χ2n) is 3.66. The zero-order valence-corrected chi connectivity index (χ0v) is 9.71. The van der Waals surface area contributed by atoms with Crippen molar-refractivity contribution < 1.29 is 27.8 Å². The highest BCUT2D eigenvalue weighted by Gasteiger charge is 2.12. The van der Waals surface area contributed by atoms with Crippen LogP contribution in [0.1, 0.15) is 16.7 Å². The molecule has 0 atom stereocenters. The fraction of sp³-hybridized carbons (Fsp3) is 0.250. The van der Waals surface area contributed by atoms with E-state index in [0.717, 1.165) is 6.08 Å². The van der Waals surface area contributed by atoms with E-state index in [0.29, 0.717) is 11.1 Å². The van der Waals surface area contributed by atoms with Gasteiger partial charge in [0.15, 0.2) is 0 Å². The van der Waals surface area contributed by atoms with Crippen LogP contribution in [-0.2, 0) is 4.79 Å². The van der Waals surface area contributed by atoms with Crippen molar-refractivity contribution >= 4 is 12.0 Å².